The van der Waals surface area contributed by atoms with Crippen LogP contribution in [0.5, 0.6) is 0 Å². The fraction of sp³-hybridized carbons (Fsp3) is 0.947. The zero-order valence-electron chi connectivity index (χ0n) is 16.4. The highest BCUT2D eigenvalue weighted by Gasteiger charge is 2.29. The number of guanidine groups is 1. The highest BCUT2D eigenvalue weighted by Crippen LogP contribution is 2.26. The number of hydrogen-bond acceptors (Lipinski definition) is 4. The SMILES string of the molecule is CC(C)NC(=NCC1CCS(=O)(=O)C1)NC1CCN(C2CCCC2)CC1. The largest absolute Gasteiger partial charge is 0.354 e. The molecule has 150 valence electrons. The van der Waals surface area contributed by atoms with Crippen molar-refractivity contribution in [3.8, 4) is 0 Å². The van der Waals surface area contributed by atoms with Crippen molar-refractivity contribution >= 4 is 15.8 Å². The van der Waals surface area contributed by atoms with Crippen LogP contribution >= 0.6 is 0 Å². The summed E-state index contributed by atoms with van der Waals surface area (Å²) in [5.74, 6) is 1.65. The number of nitrogens with zero attached hydrogens (tertiary/aromatic N) is 2. The van der Waals surface area contributed by atoms with Gasteiger partial charge in [-0.05, 0) is 51.9 Å². The van der Waals surface area contributed by atoms with E-state index in [-0.39, 0.29) is 5.92 Å². The van der Waals surface area contributed by atoms with Gasteiger partial charge in [0.2, 0.25) is 0 Å². The molecule has 0 spiro atoms. The summed E-state index contributed by atoms with van der Waals surface area (Å²) in [6, 6.07) is 1.60. The third-order valence-electron chi connectivity index (χ3n) is 5.97. The summed E-state index contributed by atoms with van der Waals surface area (Å²) in [7, 11) is -2.82. The summed E-state index contributed by atoms with van der Waals surface area (Å²) in [6.07, 6.45) is 8.62. The molecule has 0 amide bonds. The third kappa shape index (κ3) is 5.84. The molecular weight excluding hydrogens is 348 g/mol. The third-order valence-corrected chi connectivity index (χ3v) is 7.81. The first-order chi connectivity index (χ1) is 12.4. The summed E-state index contributed by atoms with van der Waals surface area (Å²) in [6.45, 7) is 7.18. The molecule has 3 aliphatic rings. The van der Waals surface area contributed by atoms with Gasteiger partial charge in [0.05, 0.1) is 11.5 Å². The molecule has 1 saturated carbocycles. The number of rotatable bonds is 5. The quantitative estimate of drug-likeness (QED) is 0.558. The molecule has 1 unspecified atom stereocenters. The van der Waals surface area contributed by atoms with E-state index in [1.54, 1.807) is 0 Å². The molecule has 1 aliphatic carbocycles. The van der Waals surface area contributed by atoms with Crippen LogP contribution in [0.4, 0.5) is 0 Å². The van der Waals surface area contributed by atoms with Gasteiger partial charge in [0.1, 0.15) is 0 Å². The zero-order valence-corrected chi connectivity index (χ0v) is 17.2. The van der Waals surface area contributed by atoms with Gasteiger partial charge in [0, 0.05) is 37.8 Å². The number of hydrogen-bond donors (Lipinski definition) is 2. The average Bonchev–Trinajstić information content (AvgIpc) is 3.22. The molecule has 3 rings (SSSR count). The smallest absolute Gasteiger partial charge is 0.191 e. The molecule has 0 aromatic carbocycles. The standard InChI is InChI=1S/C19H36N4O2S/c1-15(2)21-19(20-13-16-9-12-26(24,25)14-16)22-17-7-10-23(11-8-17)18-5-3-4-6-18/h15-18H,3-14H2,1-2H3,(H2,20,21,22). The minimum Gasteiger partial charge on any atom is -0.354 e. The summed E-state index contributed by atoms with van der Waals surface area (Å²) >= 11 is 0. The Hall–Kier alpha value is -0.820. The van der Waals surface area contributed by atoms with E-state index in [1.165, 1.54) is 38.8 Å². The van der Waals surface area contributed by atoms with E-state index in [9.17, 15) is 8.42 Å². The first-order valence-electron chi connectivity index (χ1n) is 10.4. The molecule has 2 N–H and O–H groups in total. The summed E-state index contributed by atoms with van der Waals surface area (Å²) < 4.78 is 23.3. The van der Waals surface area contributed by atoms with Crippen molar-refractivity contribution in [1.82, 2.24) is 15.5 Å². The van der Waals surface area contributed by atoms with Gasteiger partial charge in [0.15, 0.2) is 15.8 Å². The second kappa shape index (κ2) is 8.91. The number of nitrogens with one attached hydrogen (secondary N) is 2. The van der Waals surface area contributed by atoms with Crippen LogP contribution in [0.3, 0.4) is 0 Å². The van der Waals surface area contributed by atoms with Gasteiger partial charge in [-0.3, -0.25) is 4.99 Å². The highest BCUT2D eigenvalue weighted by molar-refractivity contribution is 7.91. The predicted molar refractivity (Wildman–Crippen MR) is 107 cm³/mol. The first-order valence-corrected chi connectivity index (χ1v) is 12.3. The Morgan fingerprint density at radius 1 is 1.12 bits per heavy atom. The van der Waals surface area contributed by atoms with Gasteiger partial charge >= 0.3 is 0 Å². The number of likely N-dealkylation sites (tertiary alicyclic amines) is 1. The van der Waals surface area contributed by atoms with Crippen LogP contribution in [0, 0.1) is 5.92 Å². The highest BCUT2D eigenvalue weighted by atomic mass is 32.2. The molecule has 0 bridgehead atoms. The van der Waals surface area contributed by atoms with Crippen LogP contribution in [-0.2, 0) is 9.84 Å². The van der Waals surface area contributed by atoms with E-state index >= 15 is 0 Å². The van der Waals surface area contributed by atoms with Gasteiger partial charge in [0.25, 0.3) is 0 Å². The summed E-state index contributed by atoms with van der Waals surface area (Å²) in [5, 5.41) is 7.02. The minimum absolute atomic E-state index is 0.176. The Balaban J connectivity index is 1.49. The molecule has 2 saturated heterocycles. The van der Waals surface area contributed by atoms with Gasteiger partial charge in [-0.25, -0.2) is 8.42 Å². The summed E-state index contributed by atoms with van der Waals surface area (Å²) in [4.78, 5) is 7.40. The number of piperidine rings is 1. The Labute approximate surface area is 159 Å². The van der Waals surface area contributed by atoms with E-state index in [2.05, 4.69) is 29.4 Å². The van der Waals surface area contributed by atoms with Crippen molar-refractivity contribution in [2.75, 3.05) is 31.1 Å². The molecule has 1 atom stereocenters. The zero-order chi connectivity index (χ0) is 18.6. The molecule has 0 aromatic rings. The van der Waals surface area contributed by atoms with Crippen LogP contribution < -0.4 is 10.6 Å². The van der Waals surface area contributed by atoms with Crippen LogP contribution in [0.2, 0.25) is 0 Å². The van der Waals surface area contributed by atoms with Crippen molar-refractivity contribution in [3.63, 3.8) is 0 Å². The number of aliphatic imine (C=N–C) groups is 1. The minimum atomic E-state index is -2.82. The van der Waals surface area contributed by atoms with Gasteiger partial charge in [-0.15, -0.1) is 0 Å². The predicted octanol–water partition coefficient (Wildman–Crippen LogP) is 1.77. The van der Waals surface area contributed by atoms with Crippen LogP contribution in [-0.4, -0.2) is 68.5 Å². The lowest BCUT2D eigenvalue weighted by molar-refractivity contribution is 0.150. The summed E-state index contributed by atoms with van der Waals surface area (Å²) in [5.41, 5.74) is 0. The second-order valence-corrected chi connectivity index (χ2v) is 10.9. The lowest BCUT2D eigenvalue weighted by atomic mass is 10.0. The monoisotopic (exact) mass is 384 g/mol. The molecule has 0 radical (unpaired) electrons. The Morgan fingerprint density at radius 2 is 1.81 bits per heavy atom. The Morgan fingerprint density at radius 3 is 2.38 bits per heavy atom. The van der Waals surface area contributed by atoms with E-state index in [1.807, 2.05) is 0 Å². The normalized spacial score (nSPS) is 28.7. The van der Waals surface area contributed by atoms with Crippen molar-refractivity contribution in [1.29, 1.82) is 0 Å². The van der Waals surface area contributed by atoms with E-state index in [0.717, 1.165) is 31.3 Å². The second-order valence-electron chi connectivity index (χ2n) is 8.65. The molecule has 6 nitrogen and oxygen atoms in total. The van der Waals surface area contributed by atoms with Crippen molar-refractivity contribution in [2.24, 2.45) is 10.9 Å². The Bertz CT molecular complexity index is 576. The molecule has 2 aliphatic heterocycles. The topological polar surface area (TPSA) is 73.8 Å². The van der Waals surface area contributed by atoms with Crippen molar-refractivity contribution in [2.45, 2.75) is 76.9 Å². The van der Waals surface area contributed by atoms with E-state index in [0.29, 0.717) is 30.1 Å². The van der Waals surface area contributed by atoms with Gasteiger partial charge in [-0.1, -0.05) is 12.8 Å². The lowest BCUT2D eigenvalue weighted by Gasteiger charge is -2.36. The molecule has 2 heterocycles. The molecule has 0 aromatic heterocycles. The Kier molecular flexibility index (Phi) is 6.83. The van der Waals surface area contributed by atoms with Crippen LogP contribution in [0.1, 0.15) is 58.8 Å². The fourth-order valence-corrected chi connectivity index (χ4v) is 6.36. The van der Waals surface area contributed by atoms with Crippen molar-refractivity contribution in [3.05, 3.63) is 0 Å². The van der Waals surface area contributed by atoms with Crippen molar-refractivity contribution < 1.29 is 8.42 Å². The number of sulfone groups is 1. The molecule has 26 heavy (non-hydrogen) atoms. The van der Waals surface area contributed by atoms with Crippen LogP contribution in [0.25, 0.3) is 0 Å². The maximum Gasteiger partial charge on any atom is 0.191 e. The van der Waals surface area contributed by atoms with Gasteiger partial charge < -0.3 is 15.5 Å². The maximum absolute atomic E-state index is 11.6. The van der Waals surface area contributed by atoms with Crippen LogP contribution in [0.15, 0.2) is 4.99 Å². The lowest BCUT2D eigenvalue weighted by Crippen LogP contribution is -2.51. The fourth-order valence-electron chi connectivity index (χ4n) is 4.51. The van der Waals surface area contributed by atoms with Gasteiger partial charge in [-0.2, -0.15) is 0 Å². The maximum atomic E-state index is 11.6. The molecule has 3 fully saturated rings. The molecular formula is C19H36N4O2S. The van der Waals surface area contributed by atoms with E-state index in [4.69, 9.17) is 4.99 Å². The van der Waals surface area contributed by atoms with E-state index < -0.39 is 9.84 Å². The average molecular weight is 385 g/mol. The molecule has 7 heteroatoms. The first kappa shape index (κ1) is 19.9.